The Hall–Kier alpha value is -4.21. The van der Waals surface area contributed by atoms with Gasteiger partial charge in [0.25, 0.3) is 5.91 Å². The van der Waals surface area contributed by atoms with Crippen molar-refractivity contribution in [3.05, 3.63) is 59.8 Å². The van der Waals surface area contributed by atoms with Gasteiger partial charge in [-0.3, -0.25) is 14.3 Å². The lowest BCUT2D eigenvalue weighted by atomic mass is 10.1. The van der Waals surface area contributed by atoms with Crippen LogP contribution >= 0.6 is 0 Å². The molecule has 0 saturated carbocycles. The second-order valence-corrected chi connectivity index (χ2v) is 8.26. The number of nitrogens with one attached hydrogen (secondary N) is 1. The zero-order chi connectivity index (χ0) is 23.7. The van der Waals surface area contributed by atoms with Gasteiger partial charge in [-0.05, 0) is 25.1 Å². The first-order valence-corrected chi connectivity index (χ1v) is 11.1. The Morgan fingerprint density at radius 2 is 1.82 bits per heavy atom. The Balaban J connectivity index is 1.17. The lowest BCUT2D eigenvalue weighted by molar-refractivity contribution is -0.130. The molecule has 2 amide bonds. The summed E-state index contributed by atoms with van der Waals surface area (Å²) < 4.78 is 7.35. The van der Waals surface area contributed by atoms with Crippen molar-refractivity contribution in [2.45, 2.75) is 6.92 Å². The van der Waals surface area contributed by atoms with Gasteiger partial charge in [0.1, 0.15) is 0 Å². The van der Waals surface area contributed by atoms with Crippen LogP contribution in [0.5, 0.6) is 0 Å². The molecule has 0 atom stereocenters. The van der Waals surface area contributed by atoms with E-state index in [0.717, 1.165) is 22.2 Å². The molecule has 0 unspecified atom stereocenters. The summed E-state index contributed by atoms with van der Waals surface area (Å²) in [6.45, 7) is 4.11. The van der Waals surface area contributed by atoms with Crippen molar-refractivity contribution >= 4 is 28.7 Å². The third-order valence-corrected chi connectivity index (χ3v) is 6.05. The van der Waals surface area contributed by atoms with E-state index in [1.807, 2.05) is 47.8 Å². The van der Waals surface area contributed by atoms with Gasteiger partial charge in [0, 0.05) is 49.7 Å². The van der Waals surface area contributed by atoms with Gasteiger partial charge in [-0.2, -0.15) is 10.1 Å². The first-order chi connectivity index (χ1) is 16.5. The van der Waals surface area contributed by atoms with Gasteiger partial charge < -0.3 is 19.6 Å². The number of hydrogen-bond donors (Lipinski definition) is 1. The van der Waals surface area contributed by atoms with Crippen LogP contribution < -0.4 is 10.2 Å². The lowest BCUT2D eigenvalue weighted by Crippen LogP contribution is -2.51. The van der Waals surface area contributed by atoms with E-state index in [4.69, 9.17) is 4.52 Å². The van der Waals surface area contributed by atoms with Crippen molar-refractivity contribution in [2.75, 3.05) is 37.6 Å². The fourth-order valence-electron chi connectivity index (χ4n) is 4.14. The quantitative estimate of drug-likeness (QED) is 0.486. The SMILES string of the molecule is Cc1nn(C)c2cc(-c3noc(N4CCN(C(=O)CNC(=O)c5ccccc5)CC4)n3)ccc12. The smallest absolute Gasteiger partial charge is 0.324 e. The van der Waals surface area contributed by atoms with Crippen LogP contribution in [0, 0.1) is 6.92 Å². The molecule has 0 bridgehead atoms. The zero-order valence-corrected chi connectivity index (χ0v) is 19.1. The van der Waals surface area contributed by atoms with Crippen LogP contribution in [0.4, 0.5) is 6.01 Å². The highest BCUT2D eigenvalue weighted by molar-refractivity contribution is 5.96. The summed E-state index contributed by atoms with van der Waals surface area (Å²) in [5, 5.41) is 12.4. The van der Waals surface area contributed by atoms with Crippen molar-refractivity contribution in [3.63, 3.8) is 0 Å². The standard InChI is InChI=1S/C24H25N7O3/c1-16-19-9-8-18(14-20(19)29(2)27-16)22-26-24(34-28-22)31-12-10-30(11-13-31)21(32)15-25-23(33)17-6-4-3-5-7-17/h3-9,14H,10-13,15H2,1-2H3,(H,25,33). The Labute approximate surface area is 196 Å². The van der Waals surface area contributed by atoms with E-state index < -0.39 is 0 Å². The second-order valence-electron chi connectivity index (χ2n) is 8.26. The number of aryl methyl sites for hydroxylation is 2. The predicted octanol–water partition coefficient (Wildman–Crippen LogP) is 2.01. The molecular weight excluding hydrogens is 434 g/mol. The molecule has 0 radical (unpaired) electrons. The Morgan fingerprint density at radius 3 is 2.59 bits per heavy atom. The molecule has 1 saturated heterocycles. The zero-order valence-electron chi connectivity index (χ0n) is 19.1. The monoisotopic (exact) mass is 459 g/mol. The van der Waals surface area contributed by atoms with E-state index in [1.165, 1.54) is 0 Å². The van der Waals surface area contributed by atoms with E-state index in [0.29, 0.717) is 43.6 Å². The average molecular weight is 460 g/mol. The molecule has 0 aliphatic carbocycles. The first-order valence-electron chi connectivity index (χ1n) is 11.1. The number of carbonyl (C=O) groups is 2. The molecule has 3 heterocycles. The highest BCUT2D eigenvalue weighted by Crippen LogP contribution is 2.26. The summed E-state index contributed by atoms with van der Waals surface area (Å²) in [7, 11) is 1.91. The minimum Gasteiger partial charge on any atom is -0.343 e. The summed E-state index contributed by atoms with van der Waals surface area (Å²) in [6, 6.07) is 15.3. The number of fused-ring (bicyclic) bond motifs is 1. The topological polar surface area (TPSA) is 109 Å². The molecule has 4 aromatic rings. The summed E-state index contributed by atoms with van der Waals surface area (Å²) in [5.41, 5.74) is 3.37. The lowest BCUT2D eigenvalue weighted by Gasteiger charge is -2.33. The summed E-state index contributed by atoms with van der Waals surface area (Å²) in [4.78, 5) is 33.0. The number of anilines is 1. The van der Waals surface area contributed by atoms with Crippen LogP contribution in [-0.2, 0) is 11.8 Å². The molecular formula is C24H25N7O3. The molecule has 10 heteroatoms. The van der Waals surface area contributed by atoms with Crippen molar-refractivity contribution in [1.82, 2.24) is 30.1 Å². The van der Waals surface area contributed by atoms with Crippen molar-refractivity contribution < 1.29 is 14.1 Å². The minimum absolute atomic E-state index is 0.0333. The van der Waals surface area contributed by atoms with Gasteiger partial charge in [0.2, 0.25) is 11.7 Å². The van der Waals surface area contributed by atoms with Gasteiger partial charge in [-0.15, -0.1) is 0 Å². The molecule has 2 aromatic heterocycles. The van der Waals surface area contributed by atoms with Crippen molar-refractivity contribution in [1.29, 1.82) is 0 Å². The van der Waals surface area contributed by atoms with Gasteiger partial charge in [-0.1, -0.05) is 35.5 Å². The maximum atomic E-state index is 12.5. The minimum atomic E-state index is -0.259. The summed E-state index contributed by atoms with van der Waals surface area (Å²) in [5.74, 6) is 0.137. The van der Waals surface area contributed by atoms with Crippen LogP contribution in [0.15, 0.2) is 53.1 Å². The fourth-order valence-corrected chi connectivity index (χ4v) is 4.14. The van der Waals surface area contributed by atoms with E-state index in [1.54, 1.807) is 29.2 Å². The van der Waals surface area contributed by atoms with Crippen LogP contribution in [0.1, 0.15) is 16.1 Å². The van der Waals surface area contributed by atoms with Gasteiger partial charge in [-0.25, -0.2) is 0 Å². The molecule has 2 aromatic carbocycles. The largest absolute Gasteiger partial charge is 0.343 e. The molecule has 174 valence electrons. The van der Waals surface area contributed by atoms with Crippen LogP contribution in [0.2, 0.25) is 0 Å². The highest BCUT2D eigenvalue weighted by Gasteiger charge is 2.25. The van der Waals surface area contributed by atoms with Gasteiger partial charge >= 0.3 is 6.01 Å². The molecule has 1 aliphatic rings. The Kier molecular flexibility index (Phi) is 5.70. The number of hydrogen-bond acceptors (Lipinski definition) is 7. The molecule has 34 heavy (non-hydrogen) atoms. The number of aromatic nitrogens is 4. The fraction of sp³-hybridized carbons (Fsp3) is 0.292. The Morgan fingerprint density at radius 1 is 1.06 bits per heavy atom. The normalized spacial score (nSPS) is 13.9. The highest BCUT2D eigenvalue weighted by atomic mass is 16.5. The van der Waals surface area contributed by atoms with Crippen LogP contribution in [0.25, 0.3) is 22.3 Å². The number of nitrogens with zero attached hydrogens (tertiary/aromatic N) is 6. The van der Waals surface area contributed by atoms with E-state index in [2.05, 4.69) is 20.6 Å². The number of rotatable bonds is 5. The van der Waals surface area contributed by atoms with Gasteiger partial charge in [0.05, 0.1) is 17.8 Å². The second kappa shape index (κ2) is 8.97. The average Bonchev–Trinajstić information content (AvgIpc) is 3.47. The molecule has 1 fully saturated rings. The molecule has 5 rings (SSSR count). The van der Waals surface area contributed by atoms with Crippen molar-refractivity contribution in [3.8, 4) is 11.4 Å². The number of carbonyl (C=O) groups excluding carboxylic acids is 2. The maximum absolute atomic E-state index is 12.5. The molecule has 0 spiro atoms. The van der Waals surface area contributed by atoms with E-state index in [9.17, 15) is 9.59 Å². The third-order valence-electron chi connectivity index (χ3n) is 6.05. The van der Waals surface area contributed by atoms with Gasteiger partial charge in [0.15, 0.2) is 0 Å². The molecule has 1 aliphatic heterocycles. The Bertz CT molecular complexity index is 1340. The van der Waals surface area contributed by atoms with Crippen LogP contribution in [-0.4, -0.2) is 69.4 Å². The maximum Gasteiger partial charge on any atom is 0.324 e. The van der Waals surface area contributed by atoms with E-state index in [-0.39, 0.29) is 18.4 Å². The number of piperazine rings is 1. The molecule has 1 N–H and O–H groups in total. The first kappa shape index (κ1) is 21.6. The third kappa shape index (κ3) is 4.21. The molecule has 10 nitrogen and oxygen atoms in total. The number of benzene rings is 2. The van der Waals surface area contributed by atoms with Crippen molar-refractivity contribution in [2.24, 2.45) is 7.05 Å². The van der Waals surface area contributed by atoms with Crippen LogP contribution in [0.3, 0.4) is 0 Å². The predicted molar refractivity (Wildman–Crippen MR) is 126 cm³/mol. The summed E-state index contributed by atoms with van der Waals surface area (Å²) in [6.07, 6.45) is 0. The van der Waals surface area contributed by atoms with E-state index >= 15 is 0 Å². The summed E-state index contributed by atoms with van der Waals surface area (Å²) >= 11 is 0. The number of amides is 2.